The topological polar surface area (TPSA) is 67.6 Å². The fraction of sp³-hybridized carbons (Fsp3) is 0.545. The first-order chi connectivity index (χ1) is 13.3. The summed E-state index contributed by atoms with van der Waals surface area (Å²) < 4.78 is 7.63. The van der Waals surface area contributed by atoms with Crippen LogP contribution in [0.2, 0.25) is 0 Å². The zero-order valence-electron chi connectivity index (χ0n) is 16.8. The molecule has 1 aromatic heterocycles. The number of imidazole rings is 1. The Bertz CT molecular complexity index is 847. The molecule has 0 radical (unpaired) electrons. The Morgan fingerprint density at radius 2 is 2.00 bits per heavy atom. The molecule has 0 bridgehead atoms. The normalized spacial score (nSPS) is 20.6. The third kappa shape index (κ3) is 3.65. The van der Waals surface area contributed by atoms with Gasteiger partial charge in [-0.2, -0.15) is 0 Å². The molecule has 1 aromatic carbocycles. The van der Waals surface area contributed by atoms with E-state index in [4.69, 9.17) is 4.74 Å². The fourth-order valence-electron chi connectivity index (χ4n) is 4.39. The van der Waals surface area contributed by atoms with E-state index in [-0.39, 0.29) is 18.1 Å². The van der Waals surface area contributed by atoms with Gasteiger partial charge in [-0.25, -0.2) is 9.78 Å². The van der Waals surface area contributed by atoms with Crippen molar-refractivity contribution in [2.45, 2.75) is 57.8 Å². The van der Waals surface area contributed by atoms with Gasteiger partial charge in [0.2, 0.25) is 0 Å². The number of piperidine rings is 1. The first-order valence-electron chi connectivity index (χ1n) is 10.1. The monoisotopic (exact) mass is 383 g/mol. The first-order valence-corrected chi connectivity index (χ1v) is 10.1. The average Bonchev–Trinajstić information content (AvgIpc) is 3.23. The summed E-state index contributed by atoms with van der Waals surface area (Å²) in [5.41, 5.74) is 3.10. The first kappa shape index (κ1) is 19.0. The molecule has 1 saturated heterocycles. The van der Waals surface area contributed by atoms with Crippen LogP contribution in [0.3, 0.4) is 0 Å². The molecule has 0 spiro atoms. The highest BCUT2D eigenvalue weighted by Crippen LogP contribution is 2.42. The zero-order valence-corrected chi connectivity index (χ0v) is 16.8. The lowest BCUT2D eigenvalue weighted by Crippen LogP contribution is -2.43. The third-order valence-corrected chi connectivity index (χ3v) is 5.80. The number of rotatable bonds is 3. The van der Waals surface area contributed by atoms with Crippen molar-refractivity contribution in [1.29, 1.82) is 0 Å². The summed E-state index contributed by atoms with van der Waals surface area (Å²) in [5, 5.41) is 11.0. The summed E-state index contributed by atoms with van der Waals surface area (Å²) in [4.78, 5) is 18.3. The number of carbonyl (C=O) groups excluding carboxylic acids is 1. The molecule has 2 aromatic rings. The van der Waals surface area contributed by atoms with Crippen molar-refractivity contribution in [3.8, 4) is 11.3 Å². The zero-order chi connectivity index (χ0) is 19.9. The van der Waals surface area contributed by atoms with E-state index < -0.39 is 11.7 Å². The summed E-state index contributed by atoms with van der Waals surface area (Å²) in [5.74, 6) is 0.193. The number of likely N-dealkylation sites (tertiary alicyclic amines) is 1. The van der Waals surface area contributed by atoms with Crippen LogP contribution in [0.15, 0.2) is 36.8 Å². The predicted octanol–water partition coefficient (Wildman–Crippen LogP) is 3.85. The maximum atomic E-state index is 12.2. The van der Waals surface area contributed by atoms with Gasteiger partial charge in [-0.3, -0.25) is 0 Å². The summed E-state index contributed by atoms with van der Waals surface area (Å²) in [6.45, 7) is 6.91. The molecule has 28 heavy (non-hydrogen) atoms. The molecule has 2 aliphatic rings. The van der Waals surface area contributed by atoms with Crippen LogP contribution in [-0.4, -0.2) is 50.4 Å². The van der Waals surface area contributed by atoms with Gasteiger partial charge in [0.15, 0.2) is 0 Å². The maximum absolute atomic E-state index is 12.2. The molecule has 0 saturated carbocycles. The van der Waals surface area contributed by atoms with E-state index in [2.05, 4.69) is 27.8 Å². The Labute approximate surface area is 166 Å². The second-order valence-electron chi connectivity index (χ2n) is 8.90. The smallest absolute Gasteiger partial charge is 0.410 e. The van der Waals surface area contributed by atoms with E-state index in [1.54, 1.807) is 4.90 Å². The van der Waals surface area contributed by atoms with Crippen LogP contribution in [0.1, 0.15) is 51.6 Å². The van der Waals surface area contributed by atoms with Gasteiger partial charge >= 0.3 is 6.09 Å². The second kappa shape index (κ2) is 7.24. The molecule has 0 aliphatic carbocycles. The minimum Gasteiger partial charge on any atom is -0.444 e. The van der Waals surface area contributed by atoms with E-state index in [9.17, 15) is 9.90 Å². The van der Waals surface area contributed by atoms with Gasteiger partial charge in [-0.1, -0.05) is 24.3 Å². The second-order valence-corrected chi connectivity index (χ2v) is 8.90. The number of benzene rings is 1. The lowest BCUT2D eigenvalue weighted by Gasteiger charge is -2.35. The van der Waals surface area contributed by atoms with Gasteiger partial charge in [0.25, 0.3) is 0 Å². The minimum atomic E-state index is -0.480. The molecule has 1 amide bonds. The quantitative estimate of drug-likeness (QED) is 0.874. The molecule has 2 aliphatic heterocycles. The predicted molar refractivity (Wildman–Crippen MR) is 107 cm³/mol. The summed E-state index contributed by atoms with van der Waals surface area (Å²) >= 11 is 0. The molecular formula is C22H29N3O3. The largest absolute Gasteiger partial charge is 0.444 e. The number of fused-ring (bicyclic) bond motifs is 3. The van der Waals surface area contributed by atoms with Crippen molar-refractivity contribution in [3.05, 3.63) is 42.4 Å². The Kier molecular flexibility index (Phi) is 4.91. The fourth-order valence-corrected chi connectivity index (χ4v) is 4.39. The number of amides is 1. The van der Waals surface area contributed by atoms with E-state index in [1.807, 2.05) is 39.4 Å². The summed E-state index contributed by atoms with van der Waals surface area (Å²) in [6.07, 6.45) is 5.34. The molecule has 3 heterocycles. The van der Waals surface area contributed by atoms with Crippen molar-refractivity contribution in [1.82, 2.24) is 14.5 Å². The molecule has 1 unspecified atom stereocenters. The molecule has 6 heteroatoms. The number of aliphatic hydroxyl groups excluding tert-OH is 1. The van der Waals surface area contributed by atoms with Crippen LogP contribution >= 0.6 is 0 Å². The van der Waals surface area contributed by atoms with Gasteiger partial charge in [-0.15, -0.1) is 0 Å². The number of hydrogen-bond donors (Lipinski definition) is 1. The molecule has 1 fully saturated rings. The molecular weight excluding hydrogens is 354 g/mol. The lowest BCUT2D eigenvalue weighted by atomic mass is 9.86. The highest BCUT2D eigenvalue weighted by Gasteiger charge is 2.34. The highest BCUT2D eigenvalue weighted by molar-refractivity contribution is 5.69. The Morgan fingerprint density at radius 1 is 1.29 bits per heavy atom. The van der Waals surface area contributed by atoms with Gasteiger partial charge in [0.1, 0.15) is 5.60 Å². The summed E-state index contributed by atoms with van der Waals surface area (Å²) in [6, 6.07) is 8.48. The van der Waals surface area contributed by atoms with Gasteiger partial charge in [0.05, 0.1) is 30.4 Å². The van der Waals surface area contributed by atoms with Crippen molar-refractivity contribution < 1.29 is 14.6 Å². The Balaban J connectivity index is 1.38. The van der Waals surface area contributed by atoms with E-state index >= 15 is 0 Å². The maximum Gasteiger partial charge on any atom is 0.410 e. The standard InChI is InChI=1S/C22H29N3O3/c1-22(2,3)28-21(27)24-10-8-15(9-11-24)20(26)12-18-16-6-4-5-7-17(16)19-13-23-14-25(18)19/h4-7,13-15,18,20,26H,8-12H2,1-3H3/t18-,20?/m0/s1. The van der Waals surface area contributed by atoms with E-state index in [1.165, 1.54) is 11.1 Å². The Hall–Kier alpha value is -2.34. The molecule has 2 atom stereocenters. The van der Waals surface area contributed by atoms with Crippen LogP contribution in [0.25, 0.3) is 11.3 Å². The SMILES string of the molecule is CC(C)(C)OC(=O)N1CCC(C(O)C[C@H]2c3ccccc3-c3cncn32)CC1. The van der Waals surface area contributed by atoms with Gasteiger partial charge in [-0.05, 0) is 51.5 Å². The number of aromatic nitrogens is 2. The average molecular weight is 383 g/mol. The van der Waals surface area contributed by atoms with Gasteiger partial charge < -0.3 is 19.3 Å². The molecule has 6 nitrogen and oxygen atoms in total. The number of ether oxygens (including phenoxy) is 1. The lowest BCUT2D eigenvalue weighted by molar-refractivity contribution is 0.00557. The van der Waals surface area contributed by atoms with Crippen molar-refractivity contribution >= 4 is 6.09 Å². The third-order valence-electron chi connectivity index (χ3n) is 5.80. The van der Waals surface area contributed by atoms with Crippen LogP contribution in [0, 0.1) is 5.92 Å². The molecule has 4 rings (SSSR count). The molecule has 150 valence electrons. The van der Waals surface area contributed by atoms with Crippen LogP contribution in [0.4, 0.5) is 4.79 Å². The van der Waals surface area contributed by atoms with Crippen molar-refractivity contribution in [2.75, 3.05) is 13.1 Å². The van der Waals surface area contributed by atoms with E-state index in [0.717, 1.165) is 18.5 Å². The van der Waals surface area contributed by atoms with E-state index in [0.29, 0.717) is 19.5 Å². The van der Waals surface area contributed by atoms with Crippen LogP contribution < -0.4 is 0 Å². The van der Waals surface area contributed by atoms with Gasteiger partial charge in [0, 0.05) is 18.7 Å². The number of hydrogen-bond acceptors (Lipinski definition) is 4. The minimum absolute atomic E-state index is 0.118. The highest BCUT2D eigenvalue weighted by atomic mass is 16.6. The van der Waals surface area contributed by atoms with Crippen molar-refractivity contribution in [2.24, 2.45) is 5.92 Å². The van der Waals surface area contributed by atoms with Crippen LogP contribution in [-0.2, 0) is 4.74 Å². The molecule has 1 N–H and O–H groups in total. The summed E-state index contributed by atoms with van der Waals surface area (Å²) in [7, 11) is 0. The number of aliphatic hydroxyl groups is 1. The number of nitrogens with zero attached hydrogens (tertiary/aromatic N) is 3. The Morgan fingerprint density at radius 3 is 2.71 bits per heavy atom. The van der Waals surface area contributed by atoms with Crippen molar-refractivity contribution in [3.63, 3.8) is 0 Å². The van der Waals surface area contributed by atoms with Crippen LogP contribution in [0.5, 0.6) is 0 Å². The number of carbonyl (C=O) groups is 1.